The Hall–Kier alpha value is -0.820. The van der Waals surface area contributed by atoms with Crippen molar-refractivity contribution in [2.75, 3.05) is 6.54 Å². The van der Waals surface area contributed by atoms with E-state index in [1.54, 1.807) is 5.56 Å². The molecule has 1 aliphatic carbocycles. The van der Waals surface area contributed by atoms with Crippen LogP contribution in [-0.2, 0) is 5.41 Å². The molecule has 0 aliphatic heterocycles. The summed E-state index contributed by atoms with van der Waals surface area (Å²) >= 11 is 0. The van der Waals surface area contributed by atoms with Crippen LogP contribution in [0.4, 0.5) is 0 Å². The van der Waals surface area contributed by atoms with Gasteiger partial charge in [-0.2, -0.15) is 0 Å². The lowest BCUT2D eigenvalue weighted by Gasteiger charge is -2.31. The van der Waals surface area contributed by atoms with Gasteiger partial charge in [0.05, 0.1) is 0 Å². The first-order valence-electron chi connectivity index (χ1n) is 9.05. The third kappa shape index (κ3) is 4.10. The second-order valence-electron chi connectivity index (χ2n) is 6.78. The molecule has 118 valence electrons. The topological polar surface area (TPSA) is 12.0 Å². The Morgan fingerprint density at radius 3 is 2.33 bits per heavy atom. The molecule has 2 unspecified atom stereocenters. The van der Waals surface area contributed by atoms with Crippen LogP contribution in [0.2, 0.25) is 0 Å². The third-order valence-corrected chi connectivity index (χ3v) is 5.37. The van der Waals surface area contributed by atoms with Crippen molar-refractivity contribution in [3.8, 4) is 0 Å². The van der Waals surface area contributed by atoms with E-state index in [2.05, 4.69) is 56.4 Å². The average molecular weight is 287 g/mol. The van der Waals surface area contributed by atoms with Crippen LogP contribution < -0.4 is 5.32 Å². The molecule has 1 saturated carbocycles. The Labute approximate surface area is 131 Å². The first-order valence-corrected chi connectivity index (χ1v) is 9.05. The van der Waals surface area contributed by atoms with Crippen molar-refractivity contribution in [2.45, 2.75) is 77.2 Å². The Morgan fingerprint density at radius 1 is 1.10 bits per heavy atom. The van der Waals surface area contributed by atoms with Gasteiger partial charge in [0.1, 0.15) is 0 Å². The molecule has 1 fully saturated rings. The molecule has 1 aromatic carbocycles. The van der Waals surface area contributed by atoms with Crippen LogP contribution in [0.3, 0.4) is 0 Å². The van der Waals surface area contributed by atoms with Gasteiger partial charge in [-0.1, -0.05) is 76.8 Å². The minimum Gasteiger partial charge on any atom is -0.313 e. The molecule has 1 nitrogen and oxygen atoms in total. The molecule has 0 bridgehead atoms. The van der Waals surface area contributed by atoms with Gasteiger partial charge in [-0.25, -0.2) is 0 Å². The van der Waals surface area contributed by atoms with Gasteiger partial charge in [0.2, 0.25) is 0 Å². The number of rotatable bonds is 10. The maximum Gasteiger partial charge on any atom is 0.0166 e. The van der Waals surface area contributed by atoms with Crippen LogP contribution in [0.15, 0.2) is 30.3 Å². The van der Waals surface area contributed by atoms with Crippen LogP contribution >= 0.6 is 0 Å². The van der Waals surface area contributed by atoms with Gasteiger partial charge in [-0.05, 0) is 37.3 Å². The summed E-state index contributed by atoms with van der Waals surface area (Å²) in [7, 11) is 0. The molecular formula is C20H33N. The maximum absolute atomic E-state index is 3.83. The van der Waals surface area contributed by atoms with Crippen LogP contribution in [-0.4, -0.2) is 12.6 Å². The number of benzene rings is 1. The minimum atomic E-state index is 0.427. The van der Waals surface area contributed by atoms with E-state index in [0.29, 0.717) is 11.5 Å². The van der Waals surface area contributed by atoms with Crippen molar-refractivity contribution >= 4 is 0 Å². The third-order valence-electron chi connectivity index (χ3n) is 5.37. The minimum absolute atomic E-state index is 0.427. The fourth-order valence-corrected chi connectivity index (χ4v) is 3.81. The zero-order chi connectivity index (χ0) is 15.1. The fraction of sp³-hybridized carbons (Fsp3) is 0.700. The van der Waals surface area contributed by atoms with E-state index in [4.69, 9.17) is 0 Å². The monoisotopic (exact) mass is 287 g/mol. The van der Waals surface area contributed by atoms with E-state index in [9.17, 15) is 0 Å². The number of hydrogen-bond donors (Lipinski definition) is 1. The molecule has 0 amide bonds. The first-order chi connectivity index (χ1) is 10.3. The normalized spacial score (nSPS) is 19.2. The Balaban J connectivity index is 2.08. The summed E-state index contributed by atoms with van der Waals surface area (Å²) in [5, 5.41) is 3.83. The van der Waals surface area contributed by atoms with E-state index in [1.807, 2.05) is 0 Å². The summed E-state index contributed by atoms with van der Waals surface area (Å²) < 4.78 is 0. The van der Waals surface area contributed by atoms with E-state index in [1.165, 1.54) is 44.9 Å². The summed E-state index contributed by atoms with van der Waals surface area (Å²) in [6.45, 7) is 8.01. The van der Waals surface area contributed by atoms with E-state index in [0.717, 1.165) is 12.5 Å². The highest BCUT2D eigenvalue weighted by molar-refractivity contribution is 5.34. The van der Waals surface area contributed by atoms with Crippen molar-refractivity contribution < 1.29 is 0 Å². The van der Waals surface area contributed by atoms with Crippen LogP contribution in [0.1, 0.15) is 71.3 Å². The SMILES string of the molecule is CCCCC(CC)CC(NCC)C1(c2ccccc2)CC1. The van der Waals surface area contributed by atoms with Crippen molar-refractivity contribution in [2.24, 2.45) is 5.92 Å². The Kier molecular flexibility index (Phi) is 6.29. The number of unbranched alkanes of at least 4 members (excludes halogenated alkanes) is 1. The second-order valence-corrected chi connectivity index (χ2v) is 6.78. The van der Waals surface area contributed by atoms with Gasteiger partial charge in [-0.3, -0.25) is 0 Å². The largest absolute Gasteiger partial charge is 0.313 e. The summed E-state index contributed by atoms with van der Waals surface area (Å²) in [5.41, 5.74) is 1.98. The predicted molar refractivity (Wildman–Crippen MR) is 92.7 cm³/mol. The predicted octanol–water partition coefficient (Wildman–Crippen LogP) is 5.30. The fourth-order valence-electron chi connectivity index (χ4n) is 3.81. The smallest absolute Gasteiger partial charge is 0.0166 e. The van der Waals surface area contributed by atoms with Gasteiger partial charge >= 0.3 is 0 Å². The lowest BCUT2D eigenvalue weighted by molar-refractivity contribution is 0.309. The Bertz CT molecular complexity index is 394. The highest BCUT2D eigenvalue weighted by atomic mass is 14.9. The van der Waals surface area contributed by atoms with Gasteiger partial charge in [0.25, 0.3) is 0 Å². The highest BCUT2D eigenvalue weighted by Gasteiger charge is 2.50. The molecule has 0 spiro atoms. The van der Waals surface area contributed by atoms with Crippen LogP contribution in [0, 0.1) is 5.92 Å². The van der Waals surface area contributed by atoms with Crippen LogP contribution in [0.25, 0.3) is 0 Å². The zero-order valence-corrected chi connectivity index (χ0v) is 14.2. The molecule has 0 radical (unpaired) electrons. The molecule has 1 N–H and O–H groups in total. The zero-order valence-electron chi connectivity index (χ0n) is 14.2. The number of likely N-dealkylation sites (N-methyl/N-ethyl adjacent to an activating group) is 1. The summed E-state index contributed by atoms with van der Waals surface area (Å²) in [5.74, 6) is 0.884. The number of nitrogens with one attached hydrogen (secondary N) is 1. The standard InChI is InChI=1S/C20H33N/c1-4-7-11-17(5-2)16-19(21-6-3)20(14-15-20)18-12-9-8-10-13-18/h8-10,12-13,17,19,21H,4-7,11,14-16H2,1-3H3. The lowest BCUT2D eigenvalue weighted by Crippen LogP contribution is -2.41. The quantitative estimate of drug-likeness (QED) is 0.615. The lowest BCUT2D eigenvalue weighted by atomic mass is 9.81. The maximum atomic E-state index is 3.83. The van der Waals surface area contributed by atoms with Gasteiger partial charge in [0.15, 0.2) is 0 Å². The molecule has 1 aromatic rings. The van der Waals surface area contributed by atoms with Crippen molar-refractivity contribution in [3.05, 3.63) is 35.9 Å². The average Bonchev–Trinajstić information content (AvgIpc) is 3.33. The number of hydrogen-bond acceptors (Lipinski definition) is 1. The Morgan fingerprint density at radius 2 is 1.81 bits per heavy atom. The van der Waals surface area contributed by atoms with E-state index >= 15 is 0 Å². The molecule has 1 aliphatic rings. The summed E-state index contributed by atoms with van der Waals surface area (Å²) in [6, 6.07) is 11.9. The van der Waals surface area contributed by atoms with Crippen molar-refractivity contribution in [1.29, 1.82) is 0 Å². The van der Waals surface area contributed by atoms with E-state index < -0.39 is 0 Å². The second kappa shape index (κ2) is 7.98. The van der Waals surface area contributed by atoms with Gasteiger partial charge in [0, 0.05) is 11.5 Å². The molecule has 0 aromatic heterocycles. The van der Waals surface area contributed by atoms with E-state index in [-0.39, 0.29) is 0 Å². The highest BCUT2D eigenvalue weighted by Crippen LogP contribution is 2.52. The molecular weight excluding hydrogens is 254 g/mol. The molecule has 0 heterocycles. The molecule has 2 rings (SSSR count). The van der Waals surface area contributed by atoms with Gasteiger partial charge in [-0.15, -0.1) is 0 Å². The summed E-state index contributed by atoms with van der Waals surface area (Å²) in [6.07, 6.45) is 9.51. The van der Waals surface area contributed by atoms with Crippen molar-refractivity contribution in [1.82, 2.24) is 5.32 Å². The molecule has 2 atom stereocenters. The molecule has 21 heavy (non-hydrogen) atoms. The van der Waals surface area contributed by atoms with Crippen molar-refractivity contribution in [3.63, 3.8) is 0 Å². The van der Waals surface area contributed by atoms with Gasteiger partial charge < -0.3 is 5.32 Å². The molecule has 0 saturated heterocycles. The first kappa shape index (κ1) is 16.5. The molecule has 1 heteroatoms. The van der Waals surface area contributed by atoms with Crippen LogP contribution in [0.5, 0.6) is 0 Å². The summed E-state index contributed by atoms with van der Waals surface area (Å²) in [4.78, 5) is 0.